The van der Waals surface area contributed by atoms with Crippen LogP contribution in [0.5, 0.6) is 0 Å². The van der Waals surface area contributed by atoms with Crippen molar-refractivity contribution in [3.05, 3.63) is 33.9 Å². The standard InChI is InChI=1S/C19H23BrN2O2/c1-3-24-19(23)8-6-4-5-7-9-22-13-17(20)16-11-15(12-21)14(2)10-18(16)22/h10-11,13H,3-9H2,1-2H3. The zero-order valence-corrected chi connectivity index (χ0v) is 15.9. The Balaban J connectivity index is 1.89. The predicted molar refractivity (Wildman–Crippen MR) is 98.8 cm³/mol. The normalized spacial score (nSPS) is 10.8. The van der Waals surface area contributed by atoms with Crippen molar-refractivity contribution in [3.8, 4) is 6.07 Å². The van der Waals surface area contributed by atoms with E-state index in [1.807, 2.05) is 19.9 Å². The van der Waals surface area contributed by atoms with Crippen molar-refractivity contribution < 1.29 is 9.53 Å². The van der Waals surface area contributed by atoms with Crippen LogP contribution in [-0.4, -0.2) is 17.1 Å². The van der Waals surface area contributed by atoms with Crippen molar-refractivity contribution in [1.82, 2.24) is 4.57 Å². The SMILES string of the molecule is CCOC(=O)CCCCCCn1cc(Br)c2cc(C#N)c(C)cc21. The number of esters is 1. The van der Waals surface area contributed by atoms with Gasteiger partial charge in [-0.1, -0.05) is 12.8 Å². The summed E-state index contributed by atoms with van der Waals surface area (Å²) in [4.78, 5) is 11.3. The van der Waals surface area contributed by atoms with Crippen LogP contribution in [-0.2, 0) is 16.1 Å². The number of halogens is 1. The van der Waals surface area contributed by atoms with Crippen LogP contribution in [0.3, 0.4) is 0 Å². The van der Waals surface area contributed by atoms with E-state index in [1.54, 1.807) is 0 Å². The maximum Gasteiger partial charge on any atom is 0.305 e. The van der Waals surface area contributed by atoms with Crippen molar-refractivity contribution in [2.24, 2.45) is 0 Å². The Morgan fingerprint density at radius 3 is 2.75 bits per heavy atom. The van der Waals surface area contributed by atoms with E-state index in [-0.39, 0.29) is 5.97 Å². The number of carbonyl (C=O) groups excluding carboxylic acids is 1. The molecule has 1 aromatic carbocycles. The summed E-state index contributed by atoms with van der Waals surface area (Å²) in [6.45, 7) is 5.20. The molecular formula is C19H23BrN2O2. The zero-order valence-electron chi connectivity index (χ0n) is 14.3. The van der Waals surface area contributed by atoms with Crippen molar-refractivity contribution in [2.45, 2.75) is 52.5 Å². The third-order valence-electron chi connectivity index (χ3n) is 4.13. The smallest absolute Gasteiger partial charge is 0.305 e. The van der Waals surface area contributed by atoms with Crippen molar-refractivity contribution in [2.75, 3.05) is 6.61 Å². The van der Waals surface area contributed by atoms with Crippen LogP contribution in [0.25, 0.3) is 10.9 Å². The number of aryl methyl sites for hydroxylation is 2. The topological polar surface area (TPSA) is 55.0 Å². The first-order chi connectivity index (χ1) is 11.6. The Kier molecular flexibility index (Phi) is 6.86. The highest BCUT2D eigenvalue weighted by Crippen LogP contribution is 2.29. The molecule has 0 saturated heterocycles. The number of fused-ring (bicyclic) bond motifs is 1. The van der Waals surface area contributed by atoms with E-state index in [1.165, 1.54) is 0 Å². The zero-order chi connectivity index (χ0) is 17.5. The van der Waals surface area contributed by atoms with Gasteiger partial charge in [0.25, 0.3) is 0 Å². The van der Waals surface area contributed by atoms with Gasteiger partial charge in [0.15, 0.2) is 0 Å². The predicted octanol–water partition coefficient (Wildman–Crippen LogP) is 5.10. The summed E-state index contributed by atoms with van der Waals surface area (Å²) in [5, 5.41) is 10.2. The maximum atomic E-state index is 11.3. The van der Waals surface area contributed by atoms with Crippen molar-refractivity contribution >= 4 is 32.8 Å². The minimum atomic E-state index is -0.0957. The van der Waals surface area contributed by atoms with Crippen molar-refractivity contribution in [3.63, 3.8) is 0 Å². The van der Waals surface area contributed by atoms with E-state index >= 15 is 0 Å². The molecule has 24 heavy (non-hydrogen) atoms. The van der Waals surface area contributed by atoms with Gasteiger partial charge in [0.2, 0.25) is 0 Å². The van der Waals surface area contributed by atoms with E-state index in [0.29, 0.717) is 13.0 Å². The first-order valence-corrected chi connectivity index (χ1v) is 9.20. The maximum absolute atomic E-state index is 11.3. The summed E-state index contributed by atoms with van der Waals surface area (Å²) in [6, 6.07) is 6.27. The number of unbranched alkanes of at least 4 members (excludes halogenated alkanes) is 3. The highest BCUT2D eigenvalue weighted by atomic mass is 79.9. The summed E-state index contributed by atoms with van der Waals surface area (Å²) in [5.74, 6) is -0.0957. The Morgan fingerprint density at radius 1 is 1.29 bits per heavy atom. The molecule has 0 spiro atoms. The highest BCUT2D eigenvalue weighted by molar-refractivity contribution is 9.10. The van der Waals surface area contributed by atoms with Crippen LogP contribution < -0.4 is 0 Å². The number of rotatable bonds is 8. The van der Waals surface area contributed by atoms with Gasteiger partial charge in [-0.3, -0.25) is 4.79 Å². The fourth-order valence-corrected chi connectivity index (χ4v) is 3.41. The van der Waals surface area contributed by atoms with Gasteiger partial charge in [0, 0.05) is 34.5 Å². The monoisotopic (exact) mass is 390 g/mol. The number of nitrogens with zero attached hydrogens (tertiary/aromatic N) is 2. The van der Waals surface area contributed by atoms with Gasteiger partial charge in [-0.15, -0.1) is 0 Å². The summed E-state index contributed by atoms with van der Waals surface area (Å²) >= 11 is 3.59. The van der Waals surface area contributed by atoms with E-state index in [4.69, 9.17) is 10.00 Å². The quantitative estimate of drug-likeness (QED) is 0.465. The molecule has 0 bridgehead atoms. The Morgan fingerprint density at radius 2 is 2.04 bits per heavy atom. The largest absolute Gasteiger partial charge is 0.466 e. The van der Waals surface area contributed by atoms with Crippen LogP contribution in [0.1, 0.15) is 50.2 Å². The minimum absolute atomic E-state index is 0.0957. The molecule has 0 aliphatic rings. The lowest BCUT2D eigenvalue weighted by Crippen LogP contribution is -2.03. The molecular weight excluding hydrogens is 368 g/mol. The average molecular weight is 391 g/mol. The summed E-state index contributed by atoms with van der Waals surface area (Å²) < 4.78 is 8.19. The van der Waals surface area contributed by atoms with Gasteiger partial charge in [0.05, 0.1) is 18.2 Å². The molecule has 0 unspecified atom stereocenters. The van der Waals surface area contributed by atoms with Gasteiger partial charge in [-0.2, -0.15) is 5.26 Å². The number of nitriles is 1. The lowest BCUT2D eigenvalue weighted by molar-refractivity contribution is -0.143. The van der Waals surface area contributed by atoms with Crippen LogP contribution in [0.4, 0.5) is 0 Å². The van der Waals surface area contributed by atoms with Crippen LogP contribution >= 0.6 is 15.9 Å². The molecule has 0 atom stereocenters. The van der Waals surface area contributed by atoms with Crippen molar-refractivity contribution in [1.29, 1.82) is 5.26 Å². The van der Waals surface area contributed by atoms with Gasteiger partial charge < -0.3 is 9.30 Å². The molecule has 2 rings (SSSR count). The van der Waals surface area contributed by atoms with Gasteiger partial charge in [-0.25, -0.2) is 0 Å². The third-order valence-corrected chi connectivity index (χ3v) is 4.77. The Labute approximate surface area is 151 Å². The number of hydrogen-bond acceptors (Lipinski definition) is 3. The van der Waals surface area contributed by atoms with Gasteiger partial charge in [-0.05, 0) is 60.3 Å². The third kappa shape index (κ3) is 4.61. The number of hydrogen-bond donors (Lipinski definition) is 0. The number of benzene rings is 1. The molecule has 1 aromatic heterocycles. The molecule has 5 heteroatoms. The fraction of sp³-hybridized carbons (Fsp3) is 0.474. The molecule has 0 amide bonds. The first kappa shape index (κ1) is 18.5. The second kappa shape index (κ2) is 8.89. The second-order valence-corrected chi connectivity index (χ2v) is 6.79. The van der Waals surface area contributed by atoms with Crippen LogP contribution in [0, 0.1) is 18.3 Å². The molecule has 4 nitrogen and oxygen atoms in total. The lowest BCUT2D eigenvalue weighted by atomic mass is 10.1. The van der Waals surface area contributed by atoms with Crippen LogP contribution in [0.15, 0.2) is 22.8 Å². The van der Waals surface area contributed by atoms with E-state index < -0.39 is 0 Å². The number of carbonyl (C=O) groups is 1. The van der Waals surface area contributed by atoms with Gasteiger partial charge in [0.1, 0.15) is 0 Å². The van der Waals surface area contributed by atoms with Gasteiger partial charge >= 0.3 is 5.97 Å². The summed E-state index contributed by atoms with van der Waals surface area (Å²) in [6.07, 6.45) is 6.69. The molecule has 2 aromatic rings. The van der Waals surface area contributed by atoms with E-state index in [2.05, 4.69) is 38.8 Å². The number of ether oxygens (including phenoxy) is 1. The van der Waals surface area contributed by atoms with E-state index in [0.717, 1.165) is 58.7 Å². The Hall–Kier alpha value is -1.80. The molecule has 1 heterocycles. The molecule has 0 saturated carbocycles. The highest BCUT2D eigenvalue weighted by Gasteiger charge is 2.10. The minimum Gasteiger partial charge on any atom is -0.466 e. The first-order valence-electron chi connectivity index (χ1n) is 8.41. The average Bonchev–Trinajstić information content (AvgIpc) is 2.85. The lowest BCUT2D eigenvalue weighted by Gasteiger charge is -2.07. The molecule has 0 radical (unpaired) electrons. The van der Waals surface area contributed by atoms with E-state index in [9.17, 15) is 4.79 Å². The molecule has 0 aliphatic heterocycles. The number of aromatic nitrogens is 1. The molecule has 0 aliphatic carbocycles. The summed E-state index contributed by atoms with van der Waals surface area (Å²) in [7, 11) is 0. The summed E-state index contributed by atoms with van der Waals surface area (Å²) in [5.41, 5.74) is 2.89. The fourth-order valence-electron chi connectivity index (χ4n) is 2.84. The Bertz CT molecular complexity index is 759. The molecule has 128 valence electrons. The molecule has 0 fully saturated rings. The second-order valence-electron chi connectivity index (χ2n) is 5.94. The van der Waals surface area contributed by atoms with Crippen LogP contribution in [0.2, 0.25) is 0 Å². The molecule has 0 N–H and O–H groups in total.